The molecule has 0 bridgehead atoms. The average Bonchev–Trinajstić information content (AvgIpc) is 3.09. The fourth-order valence-electron chi connectivity index (χ4n) is 2.98. The number of methoxy groups -OCH3 is 1. The van der Waals surface area contributed by atoms with Gasteiger partial charge in [0.1, 0.15) is 0 Å². The lowest BCUT2D eigenvalue weighted by atomic mass is 9.91. The number of hydrogen-bond donors (Lipinski definition) is 2. The number of rotatable bonds is 4. The van der Waals surface area contributed by atoms with Crippen LogP contribution in [0.1, 0.15) is 33.1 Å². The molecule has 1 aliphatic heterocycles. The van der Waals surface area contributed by atoms with E-state index in [-0.39, 0.29) is 35.6 Å². The van der Waals surface area contributed by atoms with Gasteiger partial charge in [0.05, 0.1) is 12.5 Å². The lowest BCUT2D eigenvalue weighted by Crippen LogP contribution is -2.41. The van der Waals surface area contributed by atoms with Crippen LogP contribution in [-0.2, 0) is 14.3 Å². The van der Waals surface area contributed by atoms with E-state index in [1.54, 1.807) is 13.8 Å². The molecule has 2 aliphatic rings. The monoisotopic (exact) mass is 304 g/mol. The molecule has 2 rings (SSSR count). The van der Waals surface area contributed by atoms with E-state index in [1.165, 1.54) is 7.11 Å². The Morgan fingerprint density at radius 1 is 1.35 bits per heavy atom. The first-order valence-corrected chi connectivity index (χ1v) is 6.98. The highest BCUT2D eigenvalue weighted by molar-refractivity contribution is 5.85. The zero-order valence-electron chi connectivity index (χ0n) is 12.5. The van der Waals surface area contributed by atoms with E-state index >= 15 is 0 Å². The molecule has 6 heteroatoms. The highest BCUT2D eigenvalue weighted by Gasteiger charge is 2.57. The Morgan fingerprint density at radius 2 is 1.95 bits per heavy atom. The summed E-state index contributed by atoms with van der Waals surface area (Å²) >= 11 is 0. The second kappa shape index (κ2) is 6.31. The van der Waals surface area contributed by atoms with E-state index in [1.807, 2.05) is 0 Å². The Kier molecular flexibility index (Phi) is 5.44. The molecule has 1 unspecified atom stereocenters. The van der Waals surface area contributed by atoms with Crippen molar-refractivity contribution in [1.29, 1.82) is 0 Å². The molecular formula is C14H25ClN2O3. The largest absolute Gasteiger partial charge is 0.469 e. The van der Waals surface area contributed by atoms with Gasteiger partial charge >= 0.3 is 5.97 Å². The van der Waals surface area contributed by atoms with Gasteiger partial charge in [-0.15, -0.1) is 12.4 Å². The molecule has 2 N–H and O–H groups in total. The van der Waals surface area contributed by atoms with E-state index in [4.69, 9.17) is 4.74 Å². The average molecular weight is 305 g/mol. The van der Waals surface area contributed by atoms with Gasteiger partial charge in [0, 0.05) is 12.5 Å². The second-order valence-corrected chi connectivity index (χ2v) is 6.46. The fraction of sp³-hybridized carbons (Fsp3) is 0.857. The molecule has 20 heavy (non-hydrogen) atoms. The van der Waals surface area contributed by atoms with Gasteiger partial charge in [0.2, 0.25) is 5.91 Å². The molecule has 116 valence electrons. The van der Waals surface area contributed by atoms with Crippen molar-refractivity contribution in [2.75, 3.05) is 26.7 Å². The summed E-state index contributed by atoms with van der Waals surface area (Å²) in [5.74, 6) is -0.0536. The van der Waals surface area contributed by atoms with Gasteiger partial charge in [-0.1, -0.05) is 0 Å². The van der Waals surface area contributed by atoms with Crippen molar-refractivity contribution in [3.63, 3.8) is 0 Å². The Bertz CT molecular complexity index is 379. The number of ether oxygens (including phenoxy) is 1. The van der Waals surface area contributed by atoms with Crippen molar-refractivity contribution in [2.45, 2.75) is 33.1 Å². The van der Waals surface area contributed by atoms with Crippen LogP contribution in [0.5, 0.6) is 0 Å². The molecular weight excluding hydrogens is 280 g/mol. The zero-order valence-corrected chi connectivity index (χ0v) is 13.3. The first-order valence-electron chi connectivity index (χ1n) is 6.98. The number of esters is 1. The molecule has 1 saturated carbocycles. The van der Waals surface area contributed by atoms with Crippen molar-refractivity contribution in [2.24, 2.45) is 16.7 Å². The van der Waals surface area contributed by atoms with Crippen molar-refractivity contribution in [3.8, 4) is 0 Å². The molecule has 1 saturated heterocycles. The summed E-state index contributed by atoms with van der Waals surface area (Å²) in [6.45, 7) is 5.93. The third-order valence-corrected chi connectivity index (χ3v) is 4.55. The summed E-state index contributed by atoms with van der Waals surface area (Å²) in [5, 5.41) is 6.24. The lowest BCUT2D eigenvalue weighted by Gasteiger charge is -2.24. The number of hydrogen-bond acceptors (Lipinski definition) is 4. The predicted octanol–water partition coefficient (Wildman–Crippen LogP) is 1.11. The van der Waals surface area contributed by atoms with Gasteiger partial charge in [0.15, 0.2) is 0 Å². The Morgan fingerprint density at radius 3 is 2.50 bits per heavy atom. The first-order chi connectivity index (χ1) is 8.91. The van der Waals surface area contributed by atoms with E-state index in [0.717, 1.165) is 32.4 Å². The van der Waals surface area contributed by atoms with Gasteiger partial charge in [0.25, 0.3) is 0 Å². The van der Waals surface area contributed by atoms with Gasteiger partial charge in [-0.3, -0.25) is 9.59 Å². The molecule has 0 aromatic carbocycles. The summed E-state index contributed by atoms with van der Waals surface area (Å²) in [4.78, 5) is 23.7. The molecule has 1 atom stereocenters. The van der Waals surface area contributed by atoms with Crippen LogP contribution in [-0.4, -0.2) is 38.6 Å². The van der Waals surface area contributed by atoms with Crippen molar-refractivity contribution in [1.82, 2.24) is 10.6 Å². The van der Waals surface area contributed by atoms with Gasteiger partial charge in [-0.05, 0) is 51.6 Å². The van der Waals surface area contributed by atoms with Crippen LogP contribution in [0.25, 0.3) is 0 Å². The van der Waals surface area contributed by atoms with Crippen LogP contribution < -0.4 is 10.6 Å². The van der Waals surface area contributed by atoms with Gasteiger partial charge in [-0.2, -0.15) is 0 Å². The quantitative estimate of drug-likeness (QED) is 0.764. The molecule has 2 fully saturated rings. The van der Waals surface area contributed by atoms with Crippen LogP contribution in [0.2, 0.25) is 0 Å². The molecule has 0 radical (unpaired) electrons. The fourth-order valence-corrected chi connectivity index (χ4v) is 2.98. The maximum atomic E-state index is 12.2. The Labute approximate surface area is 126 Å². The molecule has 1 heterocycles. The highest BCUT2D eigenvalue weighted by Crippen LogP contribution is 2.58. The van der Waals surface area contributed by atoms with Crippen LogP contribution in [0, 0.1) is 16.7 Å². The third-order valence-electron chi connectivity index (χ3n) is 4.55. The van der Waals surface area contributed by atoms with Gasteiger partial charge in [-0.25, -0.2) is 0 Å². The number of piperidine rings is 1. The maximum absolute atomic E-state index is 12.2. The summed E-state index contributed by atoms with van der Waals surface area (Å²) in [5.41, 5.74) is -0.425. The minimum atomic E-state index is -0.666. The topological polar surface area (TPSA) is 67.4 Å². The van der Waals surface area contributed by atoms with Crippen LogP contribution >= 0.6 is 12.4 Å². The normalized spacial score (nSPS) is 23.6. The maximum Gasteiger partial charge on any atom is 0.313 e. The summed E-state index contributed by atoms with van der Waals surface area (Å²) < 4.78 is 4.73. The summed E-state index contributed by atoms with van der Waals surface area (Å²) in [6.07, 6.45) is 3.18. The minimum absolute atomic E-state index is 0. The summed E-state index contributed by atoms with van der Waals surface area (Å²) in [7, 11) is 1.37. The number of carbonyl (C=O) groups is 2. The van der Waals surface area contributed by atoms with Crippen LogP contribution in [0.15, 0.2) is 0 Å². The molecule has 1 spiro atoms. The van der Waals surface area contributed by atoms with Crippen molar-refractivity contribution < 1.29 is 14.3 Å². The lowest BCUT2D eigenvalue weighted by molar-refractivity contribution is -0.150. The number of carbonyl (C=O) groups excluding carboxylic acids is 2. The van der Waals surface area contributed by atoms with E-state index < -0.39 is 5.41 Å². The van der Waals surface area contributed by atoms with E-state index in [9.17, 15) is 9.59 Å². The van der Waals surface area contributed by atoms with Crippen molar-refractivity contribution in [3.05, 3.63) is 0 Å². The third kappa shape index (κ3) is 3.44. The molecule has 5 nitrogen and oxygen atoms in total. The molecule has 1 amide bonds. The van der Waals surface area contributed by atoms with Crippen molar-refractivity contribution >= 4 is 24.3 Å². The number of nitrogens with one attached hydrogen (secondary N) is 2. The highest BCUT2D eigenvalue weighted by atomic mass is 35.5. The SMILES string of the molecule is COC(=O)C(C)(C)CNC(=O)C1CC12CCNCC2.Cl. The standard InChI is InChI=1S/C14H24N2O3.ClH/c1-13(2,12(18)19-3)9-16-11(17)10-8-14(10)4-6-15-7-5-14;/h10,15H,4-9H2,1-3H3,(H,16,17);1H. The minimum Gasteiger partial charge on any atom is -0.469 e. The number of halogens is 1. The predicted molar refractivity (Wildman–Crippen MR) is 78.7 cm³/mol. The summed E-state index contributed by atoms with van der Waals surface area (Å²) in [6, 6.07) is 0. The first kappa shape index (κ1) is 17.2. The molecule has 0 aromatic heterocycles. The zero-order chi connectivity index (χ0) is 14.1. The number of amides is 1. The van der Waals surface area contributed by atoms with E-state index in [0.29, 0.717) is 6.54 Å². The second-order valence-electron chi connectivity index (χ2n) is 6.46. The Hall–Kier alpha value is -0.810. The van der Waals surface area contributed by atoms with Crippen LogP contribution in [0.4, 0.5) is 0 Å². The van der Waals surface area contributed by atoms with E-state index in [2.05, 4.69) is 10.6 Å². The Balaban J connectivity index is 0.00000200. The molecule has 1 aliphatic carbocycles. The smallest absolute Gasteiger partial charge is 0.313 e. The van der Waals surface area contributed by atoms with Crippen LogP contribution in [0.3, 0.4) is 0 Å². The molecule has 0 aromatic rings. The van der Waals surface area contributed by atoms with Gasteiger partial charge < -0.3 is 15.4 Å².